The fourth-order valence-corrected chi connectivity index (χ4v) is 4.11. The Bertz CT molecular complexity index is 614. The van der Waals surface area contributed by atoms with Gasteiger partial charge in [-0.15, -0.1) is 24.0 Å². The predicted octanol–water partition coefficient (Wildman–Crippen LogP) is 3.66. The molecule has 1 unspecified atom stereocenters. The fourth-order valence-electron chi connectivity index (χ4n) is 4.11. The van der Waals surface area contributed by atoms with E-state index >= 15 is 0 Å². The van der Waals surface area contributed by atoms with Crippen LogP contribution in [0.4, 0.5) is 5.69 Å². The van der Waals surface area contributed by atoms with Gasteiger partial charge in [0, 0.05) is 24.8 Å². The first-order valence-corrected chi connectivity index (χ1v) is 10.1. The summed E-state index contributed by atoms with van der Waals surface area (Å²) < 4.78 is 5.50. The zero-order chi connectivity index (χ0) is 18.4. The second-order valence-corrected chi connectivity index (χ2v) is 7.93. The van der Waals surface area contributed by atoms with Crippen molar-refractivity contribution in [3.63, 3.8) is 0 Å². The summed E-state index contributed by atoms with van der Waals surface area (Å²) in [4.78, 5) is 7.20. The van der Waals surface area contributed by atoms with E-state index in [1.54, 1.807) is 0 Å². The van der Waals surface area contributed by atoms with Crippen LogP contribution in [0, 0.1) is 5.92 Å². The van der Waals surface area contributed by atoms with E-state index in [1.807, 2.05) is 0 Å². The van der Waals surface area contributed by atoms with E-state index in [2.05, 4.69) is 42.3 Å². The predicted molar refractivity (Wildman–Crippen MR) is 124 cm³/mol. The number of hydrogen-bond acceptors (Lipinski definition) is 3. The van der Waals surface area contributed by atoms with Gasteiger partial charge in [0.1, 0.15) is 0 Å². The highest BCUT2D eigenvalue weighted by molar-refractivity contribution is 14.0. The first-order valence-electron chi connectivity index (χ1n) is 10.1. The second-order valence-electron chi connectivity index (χ2n) is 7.93. The van der Waals surface area contributed by atoms with Gasteiger partial charge in [-0.1, -0.05) is 26.0 Å². The van der Waals surface area contributed by atoms with Gasteiger partial charge in [-0.3, -0.25) is 9.89 Å². The van der Waals surface area contributed by atoms with Crippen LogP contribution >= 0.6 is 24.0 Å². The van der Waals surface area contributed by atoms with Crippen LogP contribution in [0.25, 0.3) is 0 Å². The summed E-state index contributed by atoms with van der Waals surface area (Å²) in [5, 5.41) is 3.37. The van der Waals surface area contributed by atoms with Crippen molar-refractivity contribution in [2.45, 2.75) is 52.0 Å². The summed E-state index contributed by atoms with van der Waals surface area (Å²) in [6.07, 6.45) is 6.00. The van der Waals surface area contributed by atoms with Crippen molar-refractivity contribution in [2.75, 3.05) is 38.2 Å². The van der Waals surface area contributed by atoms with Crippen LogP contribution in [0.2, 0.25) is 0 Å². The van der Waals surface area contributed by atoms with E-state index in [1.165, 1.54) is 30.4 Å². The van der Waals surface area contributed by atoms with Crippen LogP contribution in [0.3, 0.4) is 0 Å². The Kier molecular flexibility index (Phi) is 9.32. The molecule has 1 aliphatic carbocycles. The van der Waals surface area contributed by atoms with Crippen LogP contribution in [0.15, 0.2) is 23.2 Å². The SMILES string of the molecule is CC(C)CC(CN=C(N)Nc1cccc2c1CCCC2)N1CCOCC1.I. The van der Waals surface area contributed by atoms with Gasteiger partial charge < -0.3 is 15.8 Å². The van der Waals surface area contributed by atoms with Crippen molar-refractivity contribution >= 4 is 35.6 Å². The van der Waals surface area contributed by atoms with E-state index in [-0.39, 0.29) is 24.0 Å². The first kappa shape index (κ1) is 22.4. The summed E-state index contributed by atoms with van der Waals surface area (Å²) in [5.74, 6) is 1.18. The lowest BCUT2D eigenvalue weighted by Crippen LogP contribution is -2.46. The highest BCUT2D eigenvalue weighted by Crippen LogP contribution is 2.27. The molecular formula is C21H35IN4O. The molecule has 27 heavy (non-hydrogen) atoms. The number of aryl methyl sites for hydroxylation is 1. The van der Waals surface area contributed by atoms with Crippen molar-refractivity contribution in [2.24, 2.45) is 16.6 Å². The van der Waals surface area contributed by atoms with Crippen LogP contribution in [-0.2, 0) is 17.6 Å². The molecule has 0 spiro atoms. The maximum Gasteiger partial charge on any atom is 0.193 e. The molecule has 3 rings (SSSR count). The summed E-state index contributed by atoms with van der Waals surface area (Å²) in [6, 6.07) is 6.92. The molecule has 1 saturated heterocycles. The van der Waals surface area contributed by atoms with Crippen molar-refractivity contribution in [3.8, 4) is 0 Å². The topological polar surface area (TPSA) is 62.9 Å². The molecule has 1 heterocycles. The molecule has 2 aliphatic rings. The van der Waals surface area contributed by atoms with Crippen molar-refractivity contribution in [1.82, 2.24) is 4.90 Å². The molecule has 1 fully saturated rings. The van der Waals surface area contributed by atoms with Crippen LogP contribution < -0.4 is 11.1 Å². The molecule has 0 aromatic heterocycles. The summed E-state index contributed by atoms with van der Waals surface area (Å²) >= 11 is 0. The number of ether oxygens (including phenoxy) is 1. The van der Waals surface area contributed by atoms with E-state index in [9.17, 15) is 0 Å². The van der Waals surface area contributed by atoms with Gasteiger partial charge in [-0.25, -0.2) is 0 Å². The van der Waals surface area contributed by atoms with E-state index in [0.29, 0.717) is 17.9 Å². The Morgan fingerprint density at radius 3 is 2.70 bits per heavy atom. The number of anilines is 1. The summed E-state index contributed by atoms with van der Waals surface area (Å²) in [5.41, 5.74) is 10.3. The third-order valence-electron chi connectivity index (χ3n) is 5.44. The third kappa shape index (κ3) is 6.61. The number of nitrogens with one attached hydrogen (secondary N) is 1. The van der Waals surface area contributed by atoms with Gasteiger partial charge in [-0.2, -0.15) is 0 Å². The molecule has 6 heteroatoms. The lowest BCUT2D eigenvalue weighted by atomic mass is 9.90. The van der Waals surface area contributed by atoms with Crippen molar-refractivity contribution in [3.05, 3.63) is 29.3 Å². The summed E-state index contributed by atoms with van der Waals surface area (Å²) in [6.45, 7) is 8.92. The molecule has 1 aliphatic heterocycles. The van der Waals surface area contributed by atoms with Gasteiger partial charge in [0.2, 0.25) is 0 Å². The molecule has 1 aromatic rings. The monoisotopic (exact) mass is 486 g/mol. The zero-order valence-electron chi connectivity index (χ0n) is 16.7. The van der Waals surface area contributed by atoms with E-state index in [4.69, 9.17) is 15.5 Å². The molecule has 0 saturated carbocycles. The molecule has 0 bridgehead atoms. The largest absolute Gasteiger partial charge is 0.379 e. The lowest BCUT2D eigenvalue weighted by molar-refractivity contribution is 0.0143. The van der Waals surface area contributed by atoms with Gasteiger partial charge in [0.25, 0.3) is 0 Å². The molecule has 1 atom stereocenters. The maximum absolute atomic E-state index is 6.24. The standard InChI is InChI=1S/C21H34N4O.HI/c1-16(2)14-18(25-10-12-26-13-11-25)15-23-21(22)24-20-9-5-7-17-6-3-4-8-19(17)20;/h5,7,9,16,18H,3-4,6,8,10-15H2,1-2H3,(H3,22,23,24);1H. The number of nitrogens with two attached hydrogens (primary N) is 1. The minimum atomic E-state index is 0. The van der Waals surface area contributed by atoms with Gasteiger partial charge >= 0.3 is 0 Å². The molecule has 152 valence electrons. The zero-order valence-corrected chi connectivity index (χ0v) is 19.1. The number of nitrogens with zero attached hydrogens (tertiary/aromatic N) is 2. The van der Waals surface area contributed by atoms with Crippen LogP contribution in [0.5, 0.6) is 0 Å². The Balaban J connectivity index is 0.00000261. The molecule has 3 N–H and O–H groups in total. The van der Waals surface area contributed by atoms with Crippen molar-refractivity contribution in [1.29, 1.82) is 0 Å². The minimum Gasteiger partial charge on any atom is -0.379 e. The number of fused-ring (bicyclic) bond motifs is 1. The summed E-state index contributed by atoms with van der Waals surface area (Å²) in [7, 11) is 0. The number of rotatable bonds is 6. The molecular weight excluding hydrogens is 451 g/mol. The minimum absolute atomic E-state index is 0. The Hall–Kier alpha value is -0.860. The highest BCUT2D eigenvalue weighted by atomic mass is 127. The molecule has 1 aromatic carbocycles. The van der Waals surface area contributed by atoms with E-state index in [0.717, 1.165) is 51.4 Å². The Morgan fingerprint density at radius 2 is 1.96 bits per heavy atom. The third-order valence-corrected chi connectivity index (χ3v) is 5.44. The highest BCUT2D eigenvalue weighted by Gasteiger charge is 2.22. The number of guanidine groups is 1. The number of benzene rings is 1. The van der Waals surface area contributed by atoms with Crippen LogP contribution in [-0.4, -0.2) is 49.7 Å². The lowest BCUT2D eigenvalue weighted by Gasteiger charge is -2.34. The number of hydrogen-bond donors (Lipinski definition) is 2. The van der Waals surface area contributed by atoms with Crippen molar-refractivity contribution < 1.29 is 4.74 Å². The normalized spacial score (nSPS) is 19.3. The Labute approximate surface area is 181 Å². The maximum atomic E-state index is 6.24. The fraction of sp³-hybridized carbons (Fsp3) is 0.667. The Morgan fingerprint density at radius 1 is 1.22 bits per heavy atom. The number of aliphatic imine (C=N–C) groups is 1. The van der Waals surface area contributed by atoms with Gasteiger partial charge in [0.05, 0.1) is 19.8 Å². The second kappa shape index (κ2) is 11.2. The number of halogens is 1. The van der Waals surface area contributed by atoms with E-state index < -0.39 is 0 Å². The van der Waals surface area contributed by atoms with Crippen LogP contribution in [0.1, 0.15) is 44.2 Å². The average molecular weight is 486 g/mol. The molecule has 0 amide bonds. The van der Waals surface area contributed by atoms with Gasteiger partial charge in [-0.05, 0) is 55.2 Å². The quantitative estimate of drug-likeness (QED) is 0.366. The first-order chi connectivity index (χ1) is 12.6. The number of morpholine rings is 1. The smallest absolute Gasteiger partial charge is 0.193 e. The average Bonchev–Trinajstić information content (AvgIpc) is 2.66. The van der Waals surface area contributed by atoms with Gasteiger partial charge in [0.15, 0.2) is 5.96 Å². The molecule has 0 radical (unpaired) electrons. The molecule has 5 nitrogen and oxygen atoms in total.